The fraction of sp³-hybridized carbons (Fsp3) is 0.400. The van der Waals surface area contributed by atoms with Gasteiger partial charge < -0.3 is 14.1 Å². The van der Waals surface area contributed by atoms with Crippen molar-refractivity contribution in [3.05, 3.63) is 58.1 Å². The number of hydrogen-bond donors (Lipinski definition) is 1. The second-order valence-corrected chi connectivity index (χ2v) is 8.82. The number of ether oxygens (including phenoxy) is 1. The van der Waals surface area contributed by atoms with Crippen LogP contribution in [0.15, 0.2) is 50.5 Å². The lowest BCUT2D eigenvalue weighted by Gasteiger charge is -2.17. The fourth-order valence-electron chi connectivity index (χ4n) is 3.20. The SMILES string of the molecule is Cc1cccc(S(=O)(=O)NCCC(=O)N2CCC(Oc3cc(C)oc(=O)c3)C2)c1. The van der Waals surface area contributed by atoms with E-state index in [-0.39, 0.29) is 29.9 Å². The zero-order chi connectivity index (χ0) is 21.0. The quantitative estimate of drug-likeness (QED) is 0.729. The third-order valence-corrected chi connectivity index (χ3v) is 6.06. The van der Waals surface area contributed by atoms with Gasteiger partial charge in [0.25, 0.3) is 0 Å². The lowest BCUT2D eigenvalue weighted by molar-refractivity contribution is -0.130. The largest absolute Gasteiger partial charge is 0.488 e. The first-order valence-corrected chi connectivity index (χ1v) is 10.8. The maximum Gasteiger partial charge on any atom is 0.339 e. The minimum absolute atomic E-state index is 0.0239. The number of sulfonamides is 1. The molecule has 156 valence electrons. The third-order valence-electron chi connectivity index (χ3n) is 4.60. The Bertz CT molecular complexity index is 1050. The summed E-state index contributed by atoms with van der Waals surface area (Å²) in [5, 5.41) is 0. The monoisotopic (exact) mass is 420 g/mol. The zero-order valence-corrected chi connectivity index (χ0v) is 17.2. The highest BCUT2D eigenvalue weighted by Gasteiger charge is 2.28. The molecule has 0 saturated carbocycles. The Balaban J connectivity index is 1.48. The van der Waals surface area contributed by atoms with Gasteiger partial charge in [-0.2, -0.15) is 0 Å². The number of aryl methyl sites for hydroxylation is 2. The molecular weight excluding hydrogens is 396 g/mol. The van der Waals surface area contributed by atoms with E-state index in [4.69, 9.17) is 9.15 Å². The molecule has 9 heteroatoms. The first-order valence-electron chi connectivity index (χ1n) is 9.35. The van der Waals surface area contributed by atoms with Crippen LogP contribution in [0.3, 0.4) is 0 Å². The molecule has 1 N–H and O–H groups in total. The summed E-state index contributed by atoms with van der Waals surface area (Å²) in [6, 6.07) is 9.50. The second-order valence-electron chi connectivity index (χ2n) is 7.06. The number of nitrogens with one attached hydrogen (secondary N) is 1. The van der Waals surface area contributed by atoms with Crippen molar-refractivity contribution < 1.29 is 22.4 Å². The molecule has 1 amide bonds. The molecule has 1 atom stereocenters. The van der Waals surface area contributed by atoms with Crippen LogP contribution >= 0.6 is 0 Å². The third kappa shape index (κ3) is 5.68. The molecule has 0 radical (unpaired) electrons. The highest BCUT2D eigenvalue weighted by Crippen LogP contribution is 2.19. The molecule has 2 aromatic rings. The van der Waals surface area contributed by atoms with Crippen molar-refractivity contribution in [2.75, 3.05) is 19.6 Å². The minimum atomic E-state index is -3.65. The van der Waals surface area contributed by atoms with Crippen molar-refractivity contribution in [1.82, 2.24) is 9.62 Å². The molecule has 2 heterocycles. The van der Waals surface area contributed by atoms with Crippen molar-refractivity contribution in [2.45, 2.75) is 37.7 Å². The van der Waals surface area contributed by atoms with Crippen molar-refractivity contribution in [3.63, 3.8) is 0 Å². The van der Waals surface area contributed by atoms with Crippen LogP contribution in [0, 0.1) is 13.8 Å². The van der Waals surface area contributed by atoms with E-state index < -0.39 is 15.6 Å². The summed E-state index contributed by atoms with van der Waals surface area (Å²) in [5.74, 6) is 0.732. The average molecular weight is 420 g/mol. The molecule has 8 nitrogen and oxygen atoms in total. The highest BCUT2D eigenvalue weighted by atomic mass is 32.2. The summed E-state index contributed by atoms with van der Waals surface area (Å²) in [5.41, 5.74) is 0.366. The summed E-state index contributed by atoms with van der Waals surface area (Å²) in [7, 11) is -3.65. The van der Waals surface area contributed by atoms with Gasteiger partial charge in [0.15, 0.2) is 0 Å². The van der Waals surface area contributed by atoms with Gasteiger partial charge in [0.2, 0.25) is 15.9 Å². The summed E-state index contributed by atoms with van der Waals surface area (Å²) in [6.07, 6.45) is 0.482. The number of carbonyl (C=O) groups is 1. The Morgan fingerprint density at radius 3 is 2.79 bits per heavy atom. The number of rotatable bonds is 7. The first kappa shape index (κ1) is 21.1. The van der Waals surface area contributed by atoms with Crippen molar-refractivity contribution in [2.24, 2.45) is 0 Å². The Kier molecular flexibility index (Phi) is 6.39. The van der Waals surface area contributed by atoms with E-state index in [9.17, 15) is 18.0 Å². The van der Waals surface area contributed by atoms with Crippen molar-refractivity contribution in [1.29, 1.82) is 0 Å². The van der Waals surface area contributed by atoms with Gasteiger partial charge in [0.05, 0.1) is 17.5 Å². The van der Waals surface area contributed by atoms with E-state index in [1.807, 2.05) is 13.0 Å². The molecule has 1 fully saturated rings. The van der Waals surface area contributed by atoms with Gasteiger partial charge in [-0.25, -0.2) is 17.9 Å². The Labute approximate surface area is 169 Å². The Morgan fingerprint density at radius 2 is 2.07 bits per heavy atom. The van der Waals surface area contributed by atoms with Crippen LogP contribution in [0.5, 0.6) is 5.75 Å². The van der Waals surface area contributed by atoms with Gasteiger partial charge in [0.1, 0.15) is 17.6 Å². The van der Waals surface area contributed by atoms with Gasteiger partial charge >= 0.3 is 5.63 Å². The van der Waals surface area contributed by atoms with Gasteiger partial charge in [-0.3, -0.25) is 4.79 Å². The molecule has 1 aliphatic rings. The summed E-state index contributed by atoms with van der Waals surface area (Å²) >= 11 is 0. The Morgan fingerprint density at radius 1 is 1.28 bits per heavy atom. The summed E-state index contributed by atoms with van der Waals surface area (Å²) < 4.78 is 37.8. The molecule has 3 rings (SSSR count). The number of benzene rings is 1. The lowest BCUT2D eigenvalue weighted by atomic mass is 10.2. The first-order chi connectivity index (χ1) is 13.7. The molecular formula is C20H24N2O6S. The van der Waals surface area contributed by atoms with E-state index >= 15 is 0 Å². The number of amides is 1. The molecule has 0 bridgehead atoms. The number of likely N-dealkylation sites (tertiary alicyclic amines) is 1. The summed E-state index contributed by atoms with van der Waals surface area (Å²) in [4.78, 5) is 25.6. The van der Waals surface area contributed by atoms with Crippen molar-refractivity contribution >= 4 is 15.9 Å². The van der Waals surface area contributed by atoms with Crippen LogP contribution in [0.25, 0.3) is 0 Å². The number of hydrogen-bond acceptors (Lipinski definition) is 6. The van der Waals surface area contributed by atoms with E-state index in [1.54, 1.807) is 30.0 Å². The zero-order valence-electron chi connectivity index (χ0n) is 16.4. The van der Waals surface area contributed by atoms with Gasteiger partial charge in [-0.1, -0.05) is 12.1 Å². The van der Waals surface area contributed by atoms with E-state index in [1.165, 1.54) is 12.1 Å². The molecule has 1 unspecified atom stereocenters. The smallest absolute Gasteiger partial charge is 0.339 e. The predicted octanol–water partition coefficient (Wildman–Crippen LogP) is 1.60. The van der Waals surface area contributed by atoms with Crippen LogP contribution in [-0.2, 0) is 14.8 Å². The van der Waals surface area contributed by atoms with E-state index in [0.29, 0.717) is 31.0 Å². The highest BCUT2D eigenvalue weighted by molar-refractivity contribution is 7.89. The Hall–Kier alpha value is -2.65. The number of carbonyl (C=O) groups excluding carboxylic acids is 1. The fourth-order valence-corrected chi connectivity index (χ4v) is 4.34. The average Bonchev–Trinajstić information content (AvgIpc) is 3.09. The van der Waals surface area contributed by atoms with Crippen LogP contribution in [0.1, 0.15) is 24.2 Å². The lowest BCUT2D eigenvalue weighted by Crippen LogP contribution is -2.34. The minimum Gasteiger partial charge on any atom is -0.488 e. The second kappa shape index (κ2) is 8.79. The van der Waals surface area contributed by atoms with Gasteiger partial charge in [-0.15, -0.1) is 0 Å². The molecule has 1 aromatic heterocycles. The maximum absolute atomic E-state index is 12.4. The van der Waals surface area contributed by atoms with Crippen LogP contribution < -0.4 is 15.1 Å². The molecule has 0 aliphatic carbocycles. The van der Waals surface area contributed by atoms with Crippen LogP contribution in [-0.4, -0.2) is 45.0 Å². The maximum atomic E-state index is 12.4. The van der Waals surface area contributed by atoms with Crippen molar-refractivity contribution in [3.8, 4) is 5.75 Å². The van der Waals surface area contributed by atoms with Crippen LogP contribution in [0.4, 0.5) is 0 Å². The van der Waals surface area contributed by atoms with E-state index in [2.05, 4.69) is 4.72 Å². The van der Waals surface area contributed by atoms with Gasteiger partial charge in [-0.05, 0) is 31.5 Å². The van der Waals surface area contributed by atoms with Crippen LogP contribution in [0.2, 0.25) is 0 Å². The molecule has 1 aliphatic heterocycles. The van der Waals surface area contributed by atoms with Gasteiger partial charge in [0, 0.05) is 32.0 Å². The standard InChI is InChI=1S/C20H24N2O6S/c1-14-4-3-5-18(10-14)29(25,26)21-8-6-19(23)22-9-7-16(13-22)28-17-11-15(2)27-20(24)12-17/h3-5,10-12,16,21H,6-9,13H2,1-2H3. The topological polar surface area (TPSA) is 106 Å². The van der Waals surface area contributed by atoms with E-state index in [0.717, 1.165) is 5.56 Å². The summed E-state index contributed by atoms with van der Waals surface area (Å²) in [6.45, 7) is 4.42. The molecule has 29 heavy (non-hydrogen) atoms. The normalized spacial score (nSPS) is 16.8. The number of nitrogens with zero attached hydrogens (tertiary/aromatic N) is 1. The molecule has 1 aromatic carbocycles. The molecule has 0 spiro atoms. The predicted molar refractivity (Wildman–Crippen MR) is 106 cm³/mol. The molecule has 1 saturated heterocycles.